The van der Waals surface area contributed by atoms with Crippen LogP contribution in [0.5, 0.6) is 0 Å². The summed E-state index contributed by atoms with van der Waals surface area (Å²) in [6.45, 7) is 9.53. The minimum atomic E-state index is 0.109. The Hall–Kier alpha value is -0.800. The van der Waals surface area contributed by atoms with Crippen molar-refractivity contribution in [3.8, 4) is 0 Å². The Bertz CT molecular complexity index is 364. The molecule has 1 spiro atoms. The fourth-order valence-electron chi connectivity index (χ4n) is 2.38. The van der Waals surface area contributed by atoms with Crippen LogP contribution in [0.15, 0.2) is 35.8 Å². The van der Waals surface area contributed by atoms with Gasteiger partial charge in [-0.05, 0) is 25.9 Å². The Balaban J connectivity index is 2.30. The predicted molar refractivity (Wildman–Crippen MR) is 69.5 cm³/mol. The molecule has 2 nitrogen and oxygen atoms in total. The van der Waals surface area contributed by atoms with Crippen LogP contribution in [0.2, 0.25) is 0 Å². The molecule has 2 aliphatic rings. The van der Waals surface area contributed by atoms with E-state index in [0.29, 0.717) is 6.42 Å². The molecule has 0 bridgehead atoms. The van der Waals surface area contributed by atoms with Gasteiger partial charge >= 0.3 is 0 Å². The van der Waals surface area contributed by atoms with Crippen molar-refractivity contribution in [2.24, 2.45) is 0 Å². The second-order valence-corrected chi connectivity index (χ2v) is 5.83. The molecule has 1 saturated heterocycles. The van der Waals surface area contributed by atoms with E-state index in [1.807, 2.05) is 11.8 Å². The minimum Gasteiger partial charge on any atom is -0.317 e. The molecule has 2 rings (SSSR count). The molecule has 0 aromatic heterocycles. The van der Waals surface area contributed by atoms with Crippen molar-refractivity contribution in [2.75, 3.05) is 13.1 Å². The lowest BCUT2D eigenvalue weighted by Crippen LogP contribution is -2.42. The van der Waals surface area contributed by atoms with Gasteiger partial charge < -0.3 is 5.32 Å². The van der Waals surface area contributed by atoms with Crippen LogP contribution in [-0.4, -0.2) is 23.6 Å². The fraction of sp³-hybridized carbons (Fsp3) is 0.462. The topological polar surface area (TPSA) is 29.1 Å². The maximum absolute atomic E-state index is 12.1. The molecule has 1 fully saturated rings. The third kappa shape index (κ3) is 2.02. The highest BCUT2D eigenvalue weighted by Gasteiger charge is 2.39. The van der Waals surface area contributed by atoms with E-state index in [-0.39, 0.29) is 10.5 Å². The summed E-state index contributed by atoms with van der Waals surface area (Å²) in [6.07, 6.45) is 6.23. The molecule has 0 atom stereocenters. The van der Waals surface area contributed by atoms with E-state index >= 15 is 0 Å². The van der Waals surface area contributed by atoms with Gasteiger partial charge in [0.05, 0.1) is 0 Å². The summed E-state index contributed by atoms with van der Waals surface area (Å²) in [7, 11) is 0. The van der Waals surface area contributed by atoms with Crippen molar-refractivity contribution in [3.05, 3.63) is 35.8 Å². The maximum atomic E-state index is 12.1. The second kappa shape index (κ2) is 4.60. The molecule has 0 amide bonds. The molecule has 3 heteroatoms. The van der Waals surface area contributed by atoms with E-state index in [1.54, 1.807) is 12.2 Å². The van der Waals surface area contributed by atoms with Crippen LogP contribution < -0.4 is 5.32 Å². The Morgan fingerprint density at radius 2 is 1.94 bits per heavy atom. The van der Waals surface area contributed by atoms with Crippen LogP contribution in [0.25, 0.3) is 0 Å². The van der Waals surface area contributed by atoms with Gasteiger partial charge in [-0.2, -0.15) is 0 Å². The average Bonchev–Trinajstić information content (AvgIpc) is 2.29. The van der Waals surface area contributed by atoms with Gasteiger partial charge in [0, 0.05) is 21.6 Å². The molecule has 16 heavy (non-hydrogen) atoms. The average molecular weight is 235 g/mol. The summed E-state index contributed by atoms with van der Waals surface area (Å²) < 4.78 is 0.109. The van der Waals surface area contributed by atoms with Crippen LogP contribution in [0, 0.1) is 0 Å². The number of nitrogens with one attached hydrogen (secondary N) is 1. The standard InChI is InChI=1S/C13H17NOS/c1-3-10-11(15)9-13(16-12(10)4-2)5-7-14-8-6-13/h3-4,14H,1-2,5-9H2. The normalized spacial score (nSPS) is 24.6. The molecule has 2 heterocycles. The number of Topliss-reactive ketones (excluding diaryl/α,β-unsaturated/α-hetero) is 1. The largest absolute Gasteiger partial charge is 0.317 e. The summed E-state index contributed by atoms with van der Waals surface area (Å²) in [5.41, 5.74) is 0.754. The molecular formula is C13H17NOS. The molecule has 86 valence electrons. The summed E-state index contributed by atoms with van der Waals surface area (Å²) >= 11 is 1.82. The van der Waals surface area contributed by atoms with Crippen LogP contribution in [-0.2, 0) is 4.79 Å². The van der Waals surface area contributed by atoms with E-state index in [4.69, 9.17) is 0 Å². The zero-order valence-electron chi connectivity index (χ0n) is 9.42. The number of allylic oxidation sites excluding steroid dienone is 3. The summed E-state index contributed by atoms with van der Waals surface area (Å²) in [4.78, 5) is 13.1. The molecule has 0 aromatic rings. The number of thioether (sulfide) groups is 1. The van der Waals surface area contributed by atoms with E-state index in [9.17, 15) is 4.79 Å². The first-order valence-corrected chi connectivity index (χ1v) is 6.44. The molecular weight excluding hydrogens is 218 g/mol. The lowest BCUT2D eigenvalue weighted by molar-refractivity contribution is -0.116. The second-order valence-electron chi connectivity index (χ2n) is 4.32. The molecule has 2 aliphatic heterocycles. The van der Waals surface area contributed by atoms with Crippen molar-refractivity contribution in [1.82, 2.24) is 5.32 Å². The Kier molecular flexibility index (Phi) is 3.36. The van der Waals surface area contributed by atoms with Crippen molar-refractivity contribution >= 4 is 17.5 Å². The highest BCUT2D eigenvalue weighted by molar-refractivity contribution is 8.04. The van der Waals surface area contributed by atoms with Crippen molar-refractivity contribution in [2.45, 2.75) is 24.0 Å². The van der Waals surface area contributed by atoms with Gasteiger partial charge in [-0.15, -0.1) is 11.8 Å². The number of hydrogen-bond donors (Lipinski definition) is 1. The van der Waals surface area contributed by atoms with Gasteiger partial charge in [0.1, 0.15) is 0 Å². The minimum absolute atomic E-state index is 0.109. The number of piperidine rings is 1. The number of ketones is 1. The summed E-state index contributed by atoms with van der Waals surface area (Å²) in [5.74, 6) is 0.227. The smallest absolute Gasteiger partial charge is 0.165 e. The molecule has 1 N–H and O–H groups in total. The SMILES string of the molecule is C=CC1=C(C=C)C(=O)CC2(CCNCC2)S1. The van der Waals surface area contributed by atoms with Crippen molar-refractivity contribution < 1.29 is 4.79 Å². The lowest BCUT2D eigenvalue weighted by atomic mass is 9.88. The Morgan fingerprint density at radius 3 is 2.50 bits per heavy atom. The fourth-order valence-corrected chi connectivity index (χ4v) is 3.85. The van der Waals surface area contributed by atoms with Crippen molar-refractivity contribution in [3.63, 3.8) is 0 Å². The van der Waals surface area contributed by atoms with E-state index in [1.165, 1.54) is 0 Å². The van der Waals surface area contributed by atoms with Crippen LogP contribution in [0.4, 0.5) is 0 Å². The zero-order valence-corrected chi connectivity index (χ0v) is 10.2. The highest BCUT2D eigenvalue weighted by atomic mass is 32.2. The number of rotatable bonds is 2. The Labute approximate surface area is 101 Å². The van der Waals surface area contributed by atoms with Crippen LogP contribution in [0.1, 0.15) is 19.3 Å². The van der Waals surface area contributed by atoms with Crippen molar-refractivity contribution in [1.29, 1.82) is 0 Å². The number of carbonyl (C=O) groups excluding carboxylic acids is 1. The van der Waals surface area contributed by atoms with E-state index < -0.39 is 0 Å². The maximum Gasteiger partial charge on any atom is 0.165 e. The van der Waals surface area contributed by atoms with E-state index in [0.717, 1.165) is 36.4 Å². The number of hydrogen-bond acceptors (Lipinski definition) is 3. The summed E-state index contributed by atoms with van der Waals surface area (Å²) in [5, 5.41) is 3.34. The Morgan fingerprint density at radius 1 is 1.25 bits per heavy atom. The van der Waals surface area contributed by atoms with Gasteiger partial charge in [-0.1, -0.05) is 25.3 Å². The molecule has 0 radical (unpaired) electrons. The zero-order chi connectivity index (χ0) is 11.6. The highest BCUT2D eigenvalue weighted by Crippen LogP contribution is 2.47. The summed E-state index contributed by atoms with van der Waals surface area (Å²) in [6, 6.07) is 0. The van der Waals surface area contributed by atoms with E-state index in [2.05, 4.69) is 18.5 Å². The lowest BCUT2D eigenvalue weighted by Gasteiger charge is -2.39. The number of carbonyl (C=O) groups is 1. The van der Waals surface area contributed by atoms with Gasteiger partial charge in [0.15, 0.2) is 5.78 Å². The first-order valence-electron chi connectivity index (χ1n) is 5.63. The quantitative estimate of drug-likeness (QED) is 0.797. The molecule has 0 aliphatic carbocycles. The molecule has 0 aromatic carbocycles. The van der Waals surface area contributed by atoms with Crippen LogP contribution in [0.3, 0.4) is 0 Å². The van der Waals surface area contributed by atoms with Gasteiger partial charge in [-0.3, -0.25) is 4.79 Å². The first kappa shape index (κ1) is 11.7. The third-order valence-corrected chi connectivity index (χ3v) is 4.87. The molecule has 0 unspecified atom stereocenters. The predicted octanol–water partition coefficient (Wildman–Crippen LogP) is 2.44. The monoisotopic (exact) mass is 235 g/mol. The van der Waals surface area contributed by atoms with Gasteiger partial charge in [0.25, 0.3) is 0 Å². The van der Waals surface area contributed by atoms with Crippen LogP contribution >= 0.6 is 11.8 Å². The van der Waals surface area contributed by atoms with Gasteiger partial charge in [0.2, 0.25) is 0 Å². The third-order valence-electron chi connectivity index (χ3n) is 3.28. The first-order chi connectivity index (χ1) is 7.71. The van der Waals surface area contributed by atoms with Gasteiger partial charge in [-0.25, -0.2) is 0 Å². The molecule has 0 saturated carbocycles.